The Kier molecular flexibility index (Phi) is 4.80. The molecule has 2 N–H and O–H groups in total. The van der Waals surface area contributed by atoms with Gasteiger partial charge in [-0.2, -0.15) is 0 Å². The van der Waals surface area contributed by atoms with E-state index in [0.29, 0.717) is 6.04 Å². The zero-order valence-corrected chi connectivity index (χ0v) is 11.3. The fourth-order valence-corrected chi connectivity index (χ4v) is 2.55. The topological polar surface area (TPSA) is 58.6 Å². The number of nitrogens with one attached hydrogen (secondary N) is 1. The van der Waals surface area contributed by atoms with Gasteiger partial charge in [0.2, 0.25) is 0 Å². The lowest BCUT2D eigenvalue weighted by molar-refractivity contribution is -0.142. The van der Waals surface area contributed by atoms with Gasteiger partial charge in [0.25, 0.3) is 0 Å². The van der Waals surface area contributed by atoms with Crippen LogP contribution in [0.5, 0.6) is 5.75 Å². The summed E-state index contributed by atoms with van der Waals surface area (Å²) >= 11 is 0. The van der Waals surface area contributed by atoms with Gasteiger partial charge in [-0.25, -0.2) is 0 Å². The molecule has 0 atom stereocenters. The Morgan fingerprint density at radius 2 is 1.89 bits per heavy atom. The van der Waals surface area contributed by atoms with E-state index in [4.69, 9.17) is 9.84 Å². The van der Waals surface area contributed by atoms with Crippen molar-refractivity contribution in [2.24, 2.45) is 5.92 Å². The highest BCUT2D eigenvalue weighted by Crippen LogP contribution is 2.24. The fraction of sp³-hybridized carbons (Fsp3) is 0.533. The Bertz CT molecular complexity index is 408. The van der Waals surface area contributed by atoms with E-state index in [-0.39, 0.29) is 5.92 Å². The Labute approximate surface area is 113 Å². The molecule has 0 unspecified atom stereocenters. The molecule has 1 aromatic rings. The number of aliphatic carboxylic acids is 1. The minimum atomic E-state index is -0.645. The van der Waals surface area contributed by atoms with Gasteiger partial charge in [-0.1, -0.05) is 12.1 Å². The predicted octanol–water partition coefficient (Wildman–Crippen LogP) is 2.43. The summed E-state index contributed by atoms with van der Waals surface area (Å²) < 4.78 is 5.12. The molecular formula is C15H21NO3. The minimum absolute atomic E-state index is 0.140. The quantitative estimate of drug-likeness (QED) is 0.856. The second kappa shape index (κ2) is 6.57. The third-order valence-electron chi connectivity index (χ3n) is 3.83. The molecule has 1 fully saturated rings. The van der Waals surface area contributed by atoms with E-state index in [1.54, 1.807) is 7.11 Å². The molecule has 1 aliphatic carbocycles. The van der Waals surface area contributed by atoms with Crippen LogP contribution in [0.1, 0.15) is 31.2 Å². The average Bonchev–Trinajstić information content (AvgIpc) is 2.46. The van der Waals surface area contributed by atoms with Crippen molar-refractivity contribution in [1.82, 2.24) is 5.32 Å². The lowest BCUT2D eigenvalue weighted by Gasteiger charge is -2.27. The first-order valence-corrected chi connectivity index (χ1v) is 6.78. The lowest BCUT2D eigenvalue weighted by atomic mass is 9.86. The first-order chi connectivity index (χ1) is 9.19. The molecule has 4 nitrogen and oxygen atoms in total. The molecule has 0 bridgehead atoms. The zero-order valence-electron chi connectivity index (χ0n) is 11.3. The second-order valence-electron chi connectivity index (χ2n) is 5.12. The van der Waals surface area contributed by atoms with Crippen molar-refractivity contribution >= 4 is 5.97 Å². The zero-order chi connectivity index (χ0) is 13.7. The van der Waals surface area contributed by atoms with Gasteiger partial charge in [-0.15, -0.1) is 0 Å². The molecule has 0 aromatic heterocycles. The summed E-state index contributed by atoms with van der Waals surface area (Å²) in [6, 6.07) is 8.46. The van der Waals surface area contributed by atoms with Crippen molar-refractivity contribution in [3.63, 3.8) is 0 Å². The summed E-state index contributed by atoms with van der Waals surface area (Å²) in [5.74, 6) is 0.0818. The van der Waals surface area contributed by atoms with Gasteiger partial charge in [0.05, 0.1) is 13.0 Å². The van der Waals surface area contributed by atoms with E-state index in [0.717, 1.165) is 38.0 Å². The number of benzene rings is 1. The molecule has 0 spiro atoms. The highest BCUT2D eigenvalue weighted by atomic mass is 16.5. The van der Waals surface area contributed by atoms with Gasteiger partial charge in [0.1, 0.15) is 5.75 Å². The SMILES string of the molecule is COc1ccc(CNC2CCC(C(=O)O)CC2)cc1. The van der Waals surface area contributed by atoms with Crippen LogP contribution in [0.15, 0.2) is 24.3 Å². The fourth-order valence-electron chi connectivity index (χ4n) is 2.55. The van der Waals surface area contributed by atoms with Crippen molar-refractivity contribution < 1.29 is 14.6 Å². The molecule has 2 rings (SSSR count). The van der Waals surface area contributed by atoms with E-state index in [1.807, 2.05) is 12.1 Å². The summed E-state index contributed by atoms with van der Waals surface area (Å²) in [5, 5.41) is 12.5. The van der Waals surface area contributed by atoms with Crippen molar-refractivity contribution in [3.8, 4) is 5.75 Å². The number of methoxy groups -OCH3 is 1. The van der Waals surface area contributed by atoms with Crippen LogP contribution in [0.3, 0.4) is 0 Å². The molecule has 4 heteroatoms. The number of ether oxygens (including phenoxy) is 1. The standard InChI is InChI=1S/C15H21NO3/c1-19-14-8-2-11(3-9-14)10-16-13-6-4-12(5-7-13)15(17)18/h2-3,8-9,12-13,16H,4-7,10H2,1H3,(H,17,18). The van der Waals surface area contributed by atoms with Crippen molar-refractivity contribution in [3.05, 3.63) is 29.8 Å². The molecule has 104 valence electrons. The van der Waals surface area contributed by atoms with Gasteiger partial charge in [0, 0.05) is 12.6 Å². The normalized spacial score (nSPS) is 23.0. The van der Waals surface area contributed by atoms with Gasteiger partial charge >= 0.3 is 5.97 Å². The molecular weight excluding hydrogens is 242 g/mol. The summed E-state index contributed by atoms with van der Waals surface area (Å²) in [6.07, 6.45) is 3.48. The molecule has 0 radical (unpaired) electrons. The summed E-state index contributed by atoms with van der Waals surface area (Å²) in [4.78, 5) is 10.9. The van der Waals surface area contributed by atoms with E-state index < -0.39 is 5.97 Å². The molecule has 0 heterocycles. The van der Waals surface area contributed by atoms with E-state index in [2.05, 4.69) is 17.4 Å². The largest absolute Gasteiger partial charge is 0.497 e. The minimum Gasteiger partial charge on any atom is -0.497 e. The lowest BCUT2D eigenvalue weighted by Crippen LogP contribution is -2.34. The third-order valence-corrected chi connectivity index (χ3v) is 3.83. The Morgan fingerprint density at radius 3 is 2.42 bits per heavy atom. The molecule has 0 aliphatic heterocycles. The molecule has 1 aromatic carbocycles. The van der Waals surface area contributed by atoms with Gasteiger partial charge in [-0.05, 0) is 43.4 Å². The monoisotopic (exact) mass is 263 g/mol. The maximum atomic E-state index is 10.9. The Hall–Kier alpha value is -1.55. The van der Waals surface area contributed by atoms with E-state index in [1.165, 1.54) is 5.56 Å². The van der Waals surface area contributed by atoms with Crippen LogP contribution < -0.4 is 10.1 Å². The number of hydrogen-bond donors (Lipinski definition) is 2. The molecule has 0 saturated heterocycles. The number of rotatable bonds is 5. The van der Waals surface area contributed by atoms with Gasteiger partial charge in [0.15, 0.2) is 0 Å². The van der Waals surface area contributed by atoms with Crippen LogP contribution >= 0.6 is 0 Å². The third kappa shape index (κ3) is 3.96. The molecule has 1 saturated carbocycles. The number of hydrogen-bond acceptors (Lipinski definition) is 3. The molecule has 0 amide bonds. The van der Waals surface area contributed by atoms with Crippen LogP contribution in [0.25, 0.3) is 0 Å². The number of carboxylic acids is 1. The predicted molar refractivity (Wildman–Crippen MR) is 73.2 cm³/mol. The van der Waals surface area contributed by atoms with E-state index >= 15 is 0 Å². The highest BCUT2D eigenvalue weighted by Gasteiger charge is 2.25. The maximum absolute atomic E-state index is 10.9. The van der Waals surface area contributed by atoms with Gasteiger partial charge in [-0.3, -0.25) is 4.79 Å². The first kappa shape index (κ1) is 13.9. The summed E-state index contributed by atoms with van der Waals surface area (Å²) in [5.41, 5.74) is 1.22. The second-order valence-corrected chi connectivity index (χ2v) is 5.12. The molecule has 19 heavy (non-hydrogen) atoms. The van der Waals surface area contributed by atoms with Gasteiger partial charge < -0.3 is 15.2 Å². The first-order valence-electron chi connectivity index (χ1n) is 6.78. The van der Waals surface area contributed by atoms with Crippen LogP contribution in [0, 0.1) is 5.92 Å². The average molecular weight is 263 g/mol. The van der Waals surface area contributed by atoms with Crippen molar-refractivity contribution in [2.45, 2.75) is 38.3 Å². The summed E-state index contributed by atoms with van der Waals surface area (Å²) in [6.45, 7) is 0.826. The van der Waals surface area contributed by atoms with Crippen LogP contribution in [0.2, 0.25) is 0 Å². The molecule has 1 aliphatic rings. The Morgan fingerprint density at radius 1 is 1.26 bits per heavy atom. The van der Waals surface area contributed by atoms with Crippen molar-refractivity contribution in [1.29, 1.82) is 0 Å². The van der Waals surface area contributed by atoms with Crippen molar-refractivity contribution in [2.75, 3.05) is 7.11 Å². The maximum Gasteiger partial charge on any atom is 0.306 e. The highest BCUT2D eigenvalue weighted by molar-refractivity contribution is 5.70. The number of carboxylic acid groups (broad SMARTS) is 1. The van der Waals surface area contributed by atoms with Crippen LogP contribution in [-0.2, 0) is 11.3 Å². The summed E-state index contributed by atoms with van der Waals surface area (Å²) in [7, 11) is 1.66. The van der Waals surface area contributed by atoms with Crippen LogP contribution in [-0.4, -0.2) is 24.2 Å². The van der Waals surface area contributed by atoms with Crippen LogP contribution in [0.4, 0.5) is 0 Å². The van der Waals surface area contributed by atoms with E-state index in [9.17, 15) is 4.79 Å². The smallest absolute Gasteiger partial charge is 0.306 e. The number of carbonyl (C=O) groups is 1. The Balaban J connectivity index is 1.75.